The van der Waals surface area contributed by atoms with Gasteiger partial charge in [0.15, 0.2) is 5.82 Å². The van der Waals surface area contributed by atoms with Crippen molar-refractivity contribution < 1.29 is 13.9 Å². The molecule has 2 aliphatic heterocycles. The molecule has 2 aromatic heterocycles. The van der Waals surface area contributed by atoms with Crippen LogP contribution in [0.15, 0.2) is 54.6 Å². The van der Waals surface area contributed by atoms with Crippen LogP contribution >= 0.6 is 0 Å². The molecule has 1 atom stereocenters. The Labute approximate surface area is 225 Å². The van der Waals surface area contributed by atoms with Crippen LogP contribution in [-0.4, -0.2) is 50.5 Å². The number of hydrogen-bond donors (Lipinski definition) is 2. The van der Waals surface area contributed by atoms with Crippen LogP contribution in [0, 0.1) is 5.82 Å². The molecule has 198 valence electrons. The fraction of sp³-hybridized carbons (Fsp3) is 0.300. The first kappa shape index (κ1) is 23.8. The molecule has 4 heterocycles. The number of aromatic amines is 2. The zero-order valence-corrected chi connectivity index (χ0v) is 21.7. The maximum atomic E-state index is 14.7. The Hall–Kier alpha value is -4.24. The Morgan fingerprint density at radius 3 is 2.90 bits per heavy atom. The number of nitrogens with zero attached hydrogens (tertiary/aromatic N) is 4. The second-order valence-corrected chi connectivity index (χ2v) is 10.2. The van der Waals surface area contributed by atoms with Gasteiger partial charge in [-0.1, -0.05) is 12.5 Å². The minimum Gasteiger partial charge on any atom is -0.496 e. The second-order valence-electron chi connectivity index (χ2n) is 10.2. The summed E-state index contributed by atoms with van der Waals surface area (Å²) in [4.78, 5) is 7.19. The number of halogens is 1. The molecule has 5 aromatic rings. The lowest BCUT2D eigenvalue weighted by Crippen LogP contribution is -2.34. The molecule has 2 aliphatic rings. The predicted molar refractivity (Wildman–Crippen MR) is 146 cm³/mol. The monoisotopic (exact) mass is 524 g/mol. The van der Waals surface area contributed by atoms with Gasteiger partial charge in [0.1, 0.15) is 23.1 Å². The second kappa shape index (κ2) is 9.81. The topological polar surface area (TPSA) is 91.9 Å². The van der Waals surface area contributed by atoms with E-state index in [1.807, 2.05) is 18.2 Å². The molecule has 0 amide bonds. The molecule has 0 radical (unpaired) electrons. The van der Waals surface area contributed by atoms with Gasteiger partial charge in [0.05, 0.1) is 31.0 Å². The van der Waals surface area contributed by atoms with Crippen LogP contribution in [0.25, 0.3) is 33.5 Å². The van der Waals surface area contributed by atoms with Crippen molar-refractivity contribution >= 4 is 10.9 Å². The van der Waals surface area contributed by atoms with E-state index in [4.69, 9.17) is 14.5 Å². The molecule has 2 N–H and O–H groups in total. The molecule has 7 rings (SSSR count). The molecule has 1 unspecified atom stereocenters. The van der Waals surface area contributed by atoms with Crippen molar-refractivity contribution in [3.8, 4) is 34.1 Å². The SMILES string of the molecule is COc1cccc(F)c1CN1CCCCC1c1nc(-c2ccc3[nH]nc(-c4ccc5c(c4)CCO5)c3c2)n[nH]1. The van der Waals surface area contributed by atoms with Crippen molar-refractivity contribution in [2.45, 2.75) is 38.3 Å². The maximum absolute atomic E-state index is 14.7. The number of hydrogen-bond acceptors (Lipinski definition) is 6. The first-order valence-corrected chi connectivity index (χ1v) is 13.4. The highest BCUT2D eigenvalue weighted by molar-refractivity contribution is 5.95. The van der Waals surface area contributed by atoms with E-state index in [0.29, 0.717) is 23.7 Å². The highest BCUT2D eigenvalue weighted by Gasteiger charge is 2.29. The molecule has 3 aromatic carbocycles. The van der Waals surface area contributed by atoms with Crippen molar-refractivity contribution in [1.82, 2.24) is 30.3 Å². The van der Waals surface area contributed by atoms with Gasteiger partial charge in [-0.05, 0) is 73.5 Å². The van der Waals surface area contributed by atoms with Gasteiger partial charge in [-0.15, -0.1) is 0 Å². The number of ether oxygens (including phenoxy) is 2. The van der Waals surface area contributed by atoms with Crippen molar-refractivity contribution in [1.29, 1.82) is 0 Å². The van der Waals surface area contributed by atoms with E-state index < -0.39 is 0 Å². The minimum absolute atomic E-state index is 0.0196. The van der Waals surface area contributed by atoms with Crippen molar-refractivity contribution in [2.24, 2.45) is 0 Å². The van der Waals surface area contributed by atoms with E-state index in [-0.39, 0.29) is 11.9 Å². The first-order valence-electron chi connectivity index (χ1n) is 13.4. The van der Waals surface area contributed by atoms with E-state index in [1.165, 1.54) is 11.6 Å². The number of methoxy groups -OCH3 is 1. The number of piperidine rings is 1. The third kappa shape index (κ3) is 4.32. The van der Waals surface area contributed by atoms with Crippen LogP contribution in [0.5, 0.6) is 11.5 Å². The smallest absolute Gasteiger partial charge is 0.181 e. The average Bonchev–Trinajstić information content (AvgIpc) is 3.73. The van der Waals surface area contributed by atoms with E-state index in [2.05, 4.69) is 43.5 Å². The summed E-state index contributed by atoms with van der Waals surface area (Å²) in [6, 6.07) is 17.4. The molecular weight excluding hydrogens is 495 g/mol. The summed E-state index contributed by atoms with van der Waals surface area (Å²) in [5, 5.41) is 16.6. The fourth-order valence-corrected chi connectivity index (χ4v) is 5.84. The summed E-state index contributed by atoms with van der Waals surface area (Å²) >= 11 is 0. The Morgan fingerprint density at radius 1 is 1.05 bits per heavy atom. The van der Waals surface area contributed by atoms with Crippen LogP contribution in [-0.2, 0) is 13.0 Å². The van der Waals surface area contributed by atoms with Gasteiger partial charge < -0.3 is 9.47 Å². The van der Waals surface area contributed by atoms with E-state index in [1.54, 1.807) is 19.2 Å². The first-order chi connectivity index (χ1) is 19.2. The number of rotatable bonds is 6. The molecule has 0 saturated carbocycles. The van der Waals surface area contributed by atoms with Gasteiger partial charge >= 0.3 is 0 Å². The molecule has 39 heavy (non-hydrogen) atoms. The summed E-state index contributed by atoms with van der Waals surface area (Å²) in [6.45, 7) is 2.03. The summed E-state index contributed by atoms with van der Waals surface area (Å²) in [5.41, 5.74) is 5.61. The van der Waals surface area contributed by atoms with Gasteiger partial charge in [0.25, 0.3) is 0 Å². The van der Waals surface area contributed by atoms with Crippen molar-refractivity contribution in [2.75, 3.05) is 20.3 Å². The van der Waals surface area contributed by atoms with Gasteiger partial charge in [-0.3, -0.25) is 15.1 Å². The van der Waals surface area contributed by atoms with Gasteiger partial charge in [0.2, 0.25) is 0 Å². The van der Waals surface area contributed by atoms with Gasteiger partial charge in [-0.25, -0.2) is 9.37 Å². The Balaban J connectivity index is 1.19. The van der Waals surface area contributed by atoms with Crippen molar-refractivity contribution in [3.05, 3.63) is 77.4 Å². The highest BCUT2D eigenvalue weighted by Crippen LogP contribution is 2.36. The van der Waals surface area contributed by atoms with E-state index >= 15 is 0 Å². The summed E-state index contributed by atoms with van der Waals surface area (Å²) < 4.78 is 25.8. The zero-order valence-electron chi connectivity index (χ0n) is 21.7. The average molecular weight is 525 g/mol. The summed E-state index contributed by atoms with van der Waals surface area (Å²) in [7, 11) is 1.58. The highest BCUT2D eigenvalue weighted by atomic mass is 19.1. The Bertz CT molecular complexity index is 1660. The van der Waals surface area contributed by atoms with Crippen molar-refractivity contribution in [3.63, 3.8) is 0 Å². The van der Waals surface area contributed by atoms with Crippen LogP contribution in [0.4, 0.5) is 4.39 Å². The third-order valence-corrected chi connectivity index (χ3v) is 7.87. The standard InChI is InChI=1S/C30H29FN6O2/c1-38-27-7-4-5-23(31)22(27)17-37-13-3-2-6-25(37)30-32-29(35-36-30)20-8-10-24-21(16-20)28(34-33-24)19-9-11-26-18(15-19)12-14-39-26/h4-5,7-11,15-16,25H,2-3,6,12-14,17H2,1H3,(H,33,34)(H,32,35,36). The van der Waals surface area contributed by atoms with Crippen LogP contribution in [0.1, 0.15) is 42.3 Å². The number of likely N-dealkylation sites (tertiary alicyclic amines) is 1. The largest absolute Gasteiger partial charge is 0.496 e. The minimum atomic E-state index is -0.253. The lowest BCUT2D eigenvalue weighted by molar-refractivity contribution is 0.131. The number of aromatic nitrogens is 5. The Kier molecular flexibility index (Phi) is 6.00. The number of fused-ring (bicyclic) bond motifs is 2. The molecule has 1 saturated heterocycles. The van der Waals surface area contributed by atoms with Gasteiger partial charge in [-0.2, -0.15) is 10.2 Å². The number of H-pyrrole nitrogens is 2. The Morgan fingerprint density at radius 2 is 1.97 bits per heavy atom. The molecule has 0 bridgehead atoms. The molecule has 1 fully saturated rings. The van der Waals surface area contributed by atoms with E-state index in [0.717, 1.165) is 78.1 Å². The zero-order chi connectivity index (χ0) is 26.3. The van der Waals surface area contributed by atoms with Gasteiger partial charge in [0, 0.05) is 35.0 Å². The normalized spacial score (nSPS) is 17.3. The van der Waals surface area contributed by atoms with E-state index in [9.17, 15) is 4.39 Å². The molecule has 9 heteroatoms. The van der Waals surface area contributed by atoms with Crippen LogP contribution < -0.4 is 9.47 Å². The summed E-state index contributed by atoms with van der Waals surface area (Å²) in [6.07, 6.45) is 3.99. The molecule has 0 spiro atoms. The maximum Gasteiger partial charge on any atom is 0.181 e. The molecule has 0 aliphatic carbocycles. The quantitative estimate of drug-likeness (QED) is 0.291. The predicted octanol–water partition coefficient (Wildman–Crippen LogP) is 5.82. The lowest BCUT2D eigenvalue weighted by Gasteiger charge is -2.34. The number of nitrogens with one attached hydrogen (secondary N) is 2. The molecule has 8 nitrogen and oxygen atoms in total. The lowest BCUT2D eigenvalue weighted by atomic mass is 10.00. The summed E-state index contributed by atoms with van der Waals surface area (Å²) in [5.74, 6) is 2.70. The fourth-order valence-electron chi connectivity index (χ4n) is 5.84. The molecular formula is C30H29FN6O2. The van der Waals surface area contributed by atoms with Crippen LogP contribution in [0.3, 0.4) is 0 Å². The van der Waals surface area contributed by atoms with Crippen LogP contribution in [0.2, 0.25) is 0 Å². The third-order valence-electron chi connectivity index (χ3n) is 7.87. The number of benzene rings is 3.